The van der Waals surface area contributed by atoms with E-state index in [1.165, 1.54) is 0 Å². The molecule has 4 heteroatoms. The molecule has 0 saturated heterocycles. The standard InChI is InChI=1S/C44H30O3P/c45-48(46-43-23-13-12-22-39(43)36-25-24-32-16-10-11-21-35(32)26-36)47-44-30-41-38(29-42(44)34-19-8-3-9-20-34)27-37(31-14-4-1-5-15-31)28-40(41)33-17-6-2-7-18-33/h1-30H/q-1. The molecule has 8 rings (SSSR count). The van der Waals surface area contributed by atoms with E-state index in [1.807, 2.05) is 97.1 Å². The topological polar surface area (TPSA) is 41.5 Å². The zero-order valence-corrected chi connectivity index (χ0v) is 26.9. The van der Waals surface area contributed by atoms with Crippen LogP contribution < -0.4 is 13.9 Å². The van der Waals surface area contributed by atoms with Gasteiger partial charge in [0.2, 0.25) is 8.60 Å². The Morgan fingerprint density at radius 3 is 1.62 bits per heavy atom. The Bertz CT molecular complexity index is 2360. The van der Waals surface area contributed by atoms with Gasteiger partial charge in [0.25, 0.3) is 0 Å². The maximum atomic E-state index is 13.8. The normalized spacial score (nSPS) is 11.8. The highest BCUT2D eigenvalue weighted by atomic mass is 31.2. The van der Waals surface area contributed by atoms with Crippen molar-refractivity contribution in [1.29, 1.82) is 0 Å². The molecule has 1 atom stereocenters. The Labute approximate surface area is 281 Å². The number of rotatable bonds is 8. The van der Waals surface area contributed by atoms with Crippen LogP contribution in [0.5, 0.6) is 11.5 Å². The van der Waals surface area contributed by atoms with E-state index in [0.717, 1.165) is 66.1 Å². The minimum absolute atomic E-state index is 0.489. The Morgan fingerprint density at radius 1 is 0.333 bits per heavy atom. The predicted molar refractivity (Wildman–Crippen MR) is 198 cm³/mol. The number of hydrogen-bond donors (Lipinski definition) is 0. The molecule has 3 nitrogen and oxygen atoms in total. The first-order valence-electron chi connectivity index (χ1n) is 15.9. The summed E-state index contributed by atoms with van der Waals surface area (Å²) >= 11 is 0. The fourth-order valence-electron chi connectivity index (χ4n) is 6.29. The Morgan fingerprint density at radius 2 is 0.896 bits per heavy atom. The average molecular weight is 638 g/mol. The van der Waals surface area contributed by atoms with Crippen molar-refractivity contribution in [3.63, 3.8) is 0 Å². The molecule has 0 aromatic heterocycles. The van der Waals surface area contributed by atoms with E-state index in [0.29, 0.717) is 11.5 Å². The number of fused-ring (bicyclic) bond motifs is 2. The van der Waals surface area contributed by atoms with Gasteiger partial charge in [-0.05, 0) is 91.3 Å². The summed E-state index contributed by atoms with van der Waals surface area (Å²) in [5.74, 6) is 0.982. The number of hydrogen-bond acceptors (Lipinski definition) is 3. The van der Waals surface area contributed by atoms with Gasteiger partial charge in [0.05, 0.1) is 0 Å². The molecule has 48 heavy (non-hydrogen) atoms. The lowest BCUT2D eigenvalue weighted by molar-refractivity contribution is -0.189. The van der Waals surface area contributed by atoms with Gasteiger partial charge in [-0.25, -0.2) is 0 Å². The van der Waals surface area contributed by atoms with Crippen LogP contribution in [0, 0.1) is 0 Å². The summed E-state index contributed by atoms with van der Waals surface area (Å²) in [4.78, 5) is 13.8. The van der Waals surface area contributed by atoms with Crippen molar-refractivity contribution in [3.8, 4) is 56.0 Å². The quantitative estimate of drug-likeness (QED) is 0.156. The predicted octanol–water partition coefficient (Wildman–Crippen LogP) is 11.7. The molecule has 0 spiro atoms. The van der Waals surface area contributed by atoms with E-state index >= 15 is 0 Å². The number of para-hydroxylation sites is 1. The maximum Gasteiger partial charge on any atom is 0.210 e. The SMILES string of the molecule is [O-]P(Oc1ccccc1-c1ccc2ccccc2c1)Oc1cc2c(-c3ccccc3)cc(-c3ccccc3)cc2cc1-c1ccccc1. The first kappa shape index (κ1) is 29.7. The van der Waals surface area contributed by atoms with Crippen molar-refractivity contribution in [2.45, 2.75) is 0 Å². The Kier molecular flexibility index (Phi) is 8.14. The lowest BCUT2D eigenvalue weighted by atomic mass is 9.91. The van der Waals surface area contributed by atoms with Crippen LogP contribution >= 0.6 is 8.60 Å². The van der Waals surface area contributed by atoms with Crippen molar-refractivity contribution < 1.29 is 13.9 Å². The highest BCUT2D eigenvalue weighted by Crippen LogP contribution is 2.45. The molecule has 0 bridgehead atoms. The Hall–Kier alpha value is -5.73. The lowest BCUT2D eigenvalue weighted by Gasteiger charge is -2.26. The largest absolute Gasteiger partial charge is 0.765 e. The monoisotopic (exact) mass is 637 g/mol. The van der Waals surface area contributed by atoms with Crippen LogP contribution in [0.4, 0.5) is 0 Å². The molecule has 0 radical (unpaired) electrons. The van der Waals surface area contributed by atoms with E-state index in [1.54, 1.807) is 0 Å². The molecule has 0 fully saturated rings. The third-order valence-electron chi connectivity index (χ3n) is 8.62. The second kappa shape index (κ2) is 13.2. The zero-order valence-electron chi connectivity index (χ0n) is 26.0. The van der Waals surface area contributed by atoms with Gasteiger partial charge in [-0.15, -0.1) is 0 Å². The molecule has 0 aliphatic carbocycles. The van der Waals surface area contributed by atoms with Gasteiger partial charge < -0.3 is 13.9 Å². The molecule has 230 valence electrons. The van der Waals surface area contributed by atoms with Gasteiger partial charge in [-0.2, -0.15) is 0 Å². The molecule has 0 aliphatic rings. The summed E-state index contributed by atoms with van der Waals surface area (Å²) in [7, 11) is -2.59. The van der Waals surface area contributed by atoms with E-state index in [2.05, 4.69) is 84.9 Å². The molecular formula is C44H30O3P-. The molecule has 1 unspecified atom stereocenters. The molecule has 8 aromatic carbocycles. The van der Waals surface area contributed by atoms with Gasteiger partial charge in [-0.3, -0.25) is 0 Å². The summed E-state index contributed by atoms with van der Waals surface area (Å²) in [5, 5.41) is 4.33. The molecule has 0 aliphatic heterocycles. The molecular weight excluding hydrogens is 607 g/mol. The van der Waals surface area contributed by atoms with Crippen LogP contribution in [-0.4, -0.2) is 0 Å². The summed E-state index contributed by atoms with van der Waals surface area (Å²) in [6.07, 6.45) is 0. The fraction of sp³-hybridized carbons (Fsp3) is 0. The van der Waals surface area contributed by atoms with Crippen molar-refractivity contribution in [2.24, 2.45) is 0 Å². The van der Waals surface area contributed by atoms with Gasteiger partial charge in [0, 0.05) is 11.1 Å². The van der Waals surface area contributed by atoms with Crippen molar-refractivity contribution in [1.82, 2.24) is 0 Å². The van der Waals surface area contributed by atoms with Gasteiger partial charge in [0.1, 0.15) is 11.5 Å². The smallest absolute Gasteiger partial charge is 0.210 e. The second-order valence-electron chi connectivity index (χ2n) is 11.7. The van der Waals surface area contributed by atoms with Crippen LogP contribution in [0.1, 0.15) is 0 Å². The summed E-state index contributed by atoms with van der Waals surface area (Å²) < 4.78 is 12.4. The minimum Gasteiger partial charge on any atom is -0.765 e. The Balaban J connectivity index is 1.22. The van der Waals surface area contributed by atoms with E-state index in [-0.39, 0.29) is 0 Å². The highest BCUT2D eigenvalue weighted by Gasteiger charge is 2.17. The maximum absolute atomic E-state index is 13.8. The molecule has 0 saturated carbocycles. The molecule has 8 aromatic rings. The van der Waals surface area contributed by atoms with Crippen molar-refractivity contribution in [3.05, 3.63) is 182 Å². The van der Waals surface area contributed by atoms with Crippen LogP contribution in [0.25, 0.3) is 66.1 Å². The van der Waals surface area contributed by atoms with Gasteiger partial charge in [-0.1, -0.05) is 146 Å². The molecule has 0 amide bonds. The average Bonchev–Trinajstić information content (AvgIpc) is 3.15. The first-order chi connectivity index (χ1) is 23.7. The minimum atomic E-state index is -2.59. The fourth-order valence-corrected chi connectivity index (χ4v) is 6.95. The van der Waals surface area contributed by atoms with Crippen LogP contribution in [-0.2, 0) is 0 Å². The van der Waals surface area contributed by atoms with E-state index in [9.17, 15) is 4.89 Å². The van der Waals surface area contributed by atoms with Crippen LogP contribution in [0.3, 0.4) is 0 Å². The van der Waals surface area contributed by atoms with E-state index < -0.39 is 8.60 Å². The van der Waals surface area contributed by atoms with Gasteiger partial charge in [0.15, 0.2) is 0 Å². The van der Waals surface area contributed by atoms with Crippen molar-refractivity contribution in [2.75, 3.05) is 0 Å². The third-order valence-corrected chi connectivity index (χ3v) is 9.31. The highest BCUT2D eigenvalue weighted by molar-refractivity contribution is 7.40. The van der Waals surface area contributed by atoms with Crippen LogP contribution in [0.15, 0.2) is 182 Å². The lowest BCUT2D eigenvalue weighted by Crippen LogP contribution is -2.08. The summed E-state index contributed by atoms with van der Waals surface area (Å²) in [6.45, 7) is 0. The molecule has 0 N–H and O–H groups in total. The third kappa shape index (κ3) is 6.06. The first-order valence-corrected chi connectivity index (χ1v) is 17.0. The second-order valence-corrected chi connectivity index (χ2v) is 12.5. The van der Waals surface area contributed by atoms with E-state index in [4.69, 9.17) is 9.05 Å². The molecule has 0 heterocycles. The summed E-state index contributed by atoms with van der Waals surface area (Å²) in [5.41, 5.74) is 8.02. The zero-order chi connectivity index (χ0) is 32.3. The van der Waals surface area contributed by atoms with Crippen molar-refractivity contribution >= 4 is 30.1 Å². The van der Waals surface area contributed by atoms with Crippen LogP contribution in [0.2, 0.25) is 0 Å². The van der Waals surface area contributed by atoms with Gasteiger partial charge >= 0.3 is 0 Å². The number of benzene rings is 8. The summed E-state index contributed by atoms with van der Waals surface area (Å²) in [6, 6.07) is 61.5.